The van der Waals surface area contributed by atoms with Crippen LogP contribution in [0.5, 0.6) is 11.5 Å². The molecule has 0 aliphatic rings. The zero-order valence-electron chi connectivity index (χ0n) is 13.4. The van der Waals surface area contributed by atoms with Gasteiger partial charge in [0.2, 0.25) is 0 Å². The smallest absolute Gasteiger partial charge is 0.118 e. The number of aliphatic hydroxyl groups is 1. The van der Waals surface area contributed by atoms with Gasteiger partial charge in [0.1, 0.15) is 17.1 Å². The van der Waals surface area contributed by atoms with Crippen LogP contribution in [0, 0.1) is 0 Å². The summed E-state index contributed by atoms with van der Waals surface area (Å²) in [6.07, 6.45) is 0. The summed E-state index contributed by atoms with van der Waals surface area (Å²) in [5.41, 5.74) is 0.593. The molecule has 21 heavy (non-hydrogen) atoms. The number of hydrogen-bond acceptors (Lipinski definition) is 3. The summed E-state index contributed by atoms with van der Waals surface area (Å²) in [5.74, 6) is 1.54. The van der Waals surface area contributed by atoms with Crippen LogP contribution in [0.3, 0.4) is 0 Å². The van der Waals surface area contributed by atoms with Gasteiger partial charge < -0.3 is 14.6 Å². The highest BCUT2D eigenvalue weighted by Crippen LogP contribution is 2.31. The highest BCUT2D eigenvalue weighted by Gasteiger charge is 2.25. The fourth-order valence-corrected chi connectivity index (χ4v) is 2.00. The second-order valence-corrected chi connectivity index (χ2v) is 4.53. The SMILES string of the molecule is CC.COc1ccc(C(C)(O)c2ccc(OC)cc2)cc1. The van der Waals surface area contributed by atoms with Crippen LogP contribution in [-0.4, -0.2) is 19.3 Å². The highest BCUT2D eigenvalue weighted by atomic mass is 16.5. The second kappa shape index (κ2) is 7.70. The Morgan fingerprint density at radius 3 is 1.24 bits per heavy atom. The zero-order chi connectivity index (χ0) is 15.9. The van der Waals surface area contributed by atoms with Crippen molar-refractivity contribution in [1.82, 2.24) is 0 Å². The molecule has 3 nitrogen and oxygen atoms in total. The first-order valence-corrected chi connectivity index (χ1v) is 7.09. The molecule has 0 heterocycles. The summed E-state index contributed by atoms with van der Waals surface area (Å²) in [7, 11) is 3.24. The number of rotatable bonds is 4. The molecular formula is C18H24O3. The van der Waals surface area contributed by atoms with Crippen molar-refractivity contribution in [3.8, 4) is 11.5 Å². The van der Waals surface area contributed by atoms with Gasteiger partial charge in [0.25, 0.3) is 0 Å². The third-order valence-electron chi connectivity index (χ3n) is 3.30. The van der Waals surface area contributed by atoms with Crippen molar-refractivity contribution in [3.05, 3.63) is 59.7 Å². The normalized spacial score (nSPS) is 10.4. The summed E-state index contributed by atoms with van der Waals surface area (Å²) in [4.78, 5) is 0. The van der Waals surface area contributed by atoms with E-state index in [1.807, 2.05) is 62.4 Å². The van der Waals surface area contributed by atoms with E-state index < -0.39 is 5.60 Å². The quantitative estimate of drug-likeness (QED) is 0.924. The first-order valence-electron chi connectivity index (χ1n) is 7.09. The van der Waals surface area contributed by atoms with Crippen LogP contribution in [0.25, 0.3) is 0 Å². The molecule has 3 heteroatoms. The van der Waals surface area contributed by atoms with Gasteiger partial charge in [-0.1, -0.05) is 38.1 Å². The van der Waals surface area contributed by atoms with E-state index in [4.69, 9.17) is 9.47 Å². The van der Waals surface area contributed by atoms with Gasteiger partial charge in [-0.3, -0.25) is 0 Å². The Bertz CT molecular complexity index is 478. The standard InChI is InChI=1S/C16H18O3.C2H6/c1-16(17,12-4-8-14(18-2)9-5-12)13-6-10-15(19-3)11-7-13;1-2/h4-11,17H,1-3H3;1-2H3. The van der Waals surface area contributed by atoms with E-state index in [2.05, 4.69) is 0 Å². The van der Waals surface area contributed by atoms with E-state index in [1.54, 1.807) is 21.1 Å². The Labute approximate surface area is 127 Å². The Kier molecular flexibility index (Phi) is 6.25. The molecular weight excluding hydrogens is 264 g/mol. The van der Waals surface area contributed by atoms with Gasteiger partial charge in [-0.25, -0.2) is 0 Å². The molecule has 0 unspecified atom stereocenters. The van der Waals surface area contributed by atoms with Gasteiger partial charge in [0, 0.05) is 0 Å². The summed E-state index contributed by atoms with van der Waals surface area (Å²) >= 11 is 0. The van der Waals surface area contributed by atoms with Gasteiger partial charge in [-0.2, -0.15) is 0 Å². The molecule has 0 fully saturated rings. The van der Waals surface area contributed by atoms with Crippen molar-refractivity contribution in [2.75, 3.05) is 14.2 Å². The minimum absolute atomic E-state index is 0.772. The molecule has 0 aliphatic carbocycles. The molecule has 2 aromatic carbocycles. The lowest BCUT2D eigenvalue weighted by atomic mass is 9.88. The van der Waals surface area contributed by atoms with Crippen LogP contribution in [0.1, 0.15) is 31.9 Å². The fraction of sp³-hybridized carbons (Fsp3) is 0.333. The van der Waals surface area contributed by atoms with Gasteiger partial charge in [-0.05, 0) is 42.3 Å². The average molecular weight is 288 g/mol. The minimum atomic E-state index is -1.04. The van der Waals surface area contributed by atoms with Crippen LogP contribution in [0.15, 0.2) is 48.5 Å². The monoisotopic (exact) mass is 288 g/mol. The maximum absolute atomic E-state index is 10.7. The van der Waals surface area contributed by atoms with Crippen LogP contribution >= 0.6 is 0 Å². The molecule has 0 aliphatic heterocycles. The van der Waals surface area contributed by atoms with E-state index in [1.165, 1.54) is 0 Å². The lowest BCUT2D eigenvalue weighted by molar-refractivity contribution is 0.102. The van der Waals surface area contributed by atoms with E-state index >= 15 is 0 Å². The zero-order valence-corrected chi connectivity index (χ0v) is 13.4. The van der Waals surface area contributed by atoms with Crippen molar-refractivity contribution < 1.29 is 14.6 Å². The van der Waals surface area contributed by atoms with E-state index in [-0.39, 0.29) is 0 Å². The van der Waals surface area contributed by atoms with Gasteiger partial charge >= 0.3 is 0 Å². The number of hydrogen-bond donors (Lipinski definition) is 1. The Morgan fingerprint density at radius 2 is 1.00 bits per heavy atom. The predicted octanol–water partition coefficient (Wildman–Crippen LogP) is 3.99. The fourth-order valence-electron chi connectivity index (χ4n) is 2.00. The third kappa shape index (κ3) is 3.99. The second-order valence-electron chi connectivity index (χ2n) is 4.53. The van der Waals surface area contributed by atoms with Crippen molar-refractivity contribution in [2.45, 2.75) is 26.4 Å². The van der Waals surface area contributed by atoms with Crippen molar-refractivity contribution in [3.63, 3.8) is 0 Å². The maximum atomic E-state index is 10.7. The lowest BCUT2D eigenvalue weighted by Crippen LogP contribution is -2.22. The molecule has 114 valence electrons. The van der Waals surface area contributed by atoms with Gasteiger partial charge in [0.05, 0.1) is 14.2 Å². The van der Waals surface area contributed by atoms with Gasteiger partial charge in [0.15, 0.2) is 0 Å². The number of benzene rings is 2. The average Bonchev–Trinajstić information content (AvgIpc) is 2.56. The molecule has 0 atom stereocenters. The molecule has 1 N–H and O–H groups in total. The van der Waals surface area contributed by atoms with Crippen LogP contribution < -0.4 is 9.47 Å². The highest BCUT2D eigenvalue weighted by molar-refractivity contribution is 5.40. The molecule has 2 aromatic rings. The van der Waals surface area contributed by atoms with Gasteiger partial charge in [-0.15, -0.1) is 0 Å². The molecule has 2 rings (SSSR count). The maximum Gasteiger partial charge on any atom is 0.118 e. The van der Waals surface area contributed by atoms with E-state index in [9.17, 15) is 5.11 Å². The van der Waals surface area contributed by atoms with Crippen LogP contribution in [0.2, 0.25) is 0 Å². The summed E-state index contributed by atoms with van der Waals surface area (Å²) in [5, 5.41) is 10.7. The summed E-state index contributed by atoms with van der Waals surface area (Å²) < 4.78 is 10.2. The number of ether oxygens (including phenoxy) is 2. The Morgan fingerprint density at radius 1 is 0.714 bits per heavy atom. The van der Waals surface area contributed by atoms with E-state index in [0.717, 1.165) is 22.6 Å². The minimum Gasteiger partial charge on any atom is -0.497 e. The van der Waals surface area contributed by atoms with Crippen LogP contribution in [0.4, 0.5) is 0 Å². The molecule has 0 aromatic heterocycles. The summed E-state index contributed by atoms with van der Waals surface area (Å²) in [6.45, 7) is 5.77. The first-order chi connectivity index (χ1) is 10.1. The molecule has 0 bridgehead atoms. The molecule has 0 saturated carbocycles. The predicted molar refractivity (Wildman–Crippen MR) is 86.0 cm³/mol. The lowest BCUT2D eigenvalue weighted by Gasteiger charge is -2.25. The van der Waals surface area contributed by atoms with Crippen molar-refractivity contribution in [2.24, 2.45) is 0 Å². The topological polar surface area (TPSA) is 38.7 Å². The third-order valence-corrected chi connectivity index (χ3v) is 3.30. The number of methoxy groups -OCH3 is 2. The van der Waals surface area contributed by atoms with Crippen molar-refractivity contribution >= 4 is 0 Å². The Balaban J connectivity index is 0.00000106. The Hall–Kier alpha value is -2.00. The van der Waals surface area contributed by atoms with Crippen LogP contribution in [-0.2, 0) is 5.60 Å². The molecule has 0 radical (unpaired) electrons. The first kappa shape index (κ1) is 17.1. The largest absolute Gasteiger partial charge is 0.497 e. The molecule has 0 spiro atoms. The molecule has 0 amide bonds. The molecule has 0 saturated heterocycles. The van der Waals surface area contributed by atoms with Crippen molar-refractivity contribution in [1.29, 1.82) is 0 Å². The summed E-state index contributed by atoms with van der Waals surface area (Å²) in [6, 6.07) is 14.8. The van der Waals surface area contributed by atoms with E-state index in [0.29, 0.717) is 0 Å².